The second-order valence-corrected chi connectivity index (χ2v) is 7.76. The molecule has 3 fully saturated rings. The van der Waals surface area contributed by atoms with Gasteiger partial charge in [-0.15, -0.1) is 0 Å². The van der Waals surface area contributed by atoms with Crippen molar-refractivity contribution in [2.75, 3.05) is 19.6 Å². The zero-order chi connectivity index (χ0) is 17.5. The van der Waals surface area contributed by atoms with Gasteiger partial charge >= 0.3 is 0 Å². The molecular weight excluding hydrogens is 321 g/mol. The van der Waals surface area contributed by atoms with Gasteiger partial charge in [-0.1, -0.05) is 0 Å². The summed E-state index contributed by atoms with van der Waals surface area (Å²) in [6, 6.07) is 3.83. The molecule has 2 saturated heterocycles. The van der Waals surface area contributed by atoms with Crippen molar-refractivity contribution in [1.29, 1.82) is 0 Å². The van der Waals surface area contributed by atoms with Crippen molar-refractivity contribution >= 4 is 11.8 Å². The van der Waals surface area contributed by atoms with Gasteiger partial charge in [-0.2, -0.15) is 0 Å². The monoisotopic (exact) mass is 345 g/mol. The van der Waals surface area contributed by atoms with Crippen LogP contribution in [0.15, 0.2) is 24.5 Å². The van der Waals surface area contributed by atoms with Gasteiger partial charge in [0.1, 0.15) is 0 Å². The summed E-state index contributed by atoms with van der Waals surface area (Å²) in [7, 11) is 0. The van der Waals surface area contributed by atoms with Gasteiger partial charge in [0.25, 0.3) is 5.91 Å². The Kier molecular flexibility index (Phi) is 4.01. The van der Waals surface area contributed by atoms with Gasteiger partial charge in [-0.05, 0) is 56.2 Å². The number of hydrogen-bond donors (Lipinski definition) is 0. The van der Waals surface area contributed by atoms with E-state index in [1.165, 1.54) is 0 Å². The van der Waals surface area contributed by atoms with E-state index in [2.05, 4.69) is 4.98 Å². The van der Waals surface area contributed by atoms with Gasteiger partial charge in [-0.3, -0.25) is 14.6 Å². The van der Waals surface area contributed by atoms with Crippen molar-refractivity contribution in [3.05, 3.63) is 30.1 Å². The van der Waals surface area contributed by atoms with E-state index in [9.17, 15) is 14.0 Å². The molecule has 3 heterocycles. The largest absolute Gasteiger partial charge is 0.339 e. The first kappa shape index (κ1) is 16.5. The standard InChI is InChI=1S/C19H24FN3O2/c20-19(6-1-7-19)17(25)23-11-2-5-18(14-23)8-12-22(16(18)24)13-15-3-9-21-10-4-15/h3-4,9-10H,1-2,5-8,11-14H2/t18-/m1/s1. The first-order valence-corrected chi connectivity index (χ1v) is 9.19. The molecule has 5 nitrogen and oxygen atoms in total. The zero-order valence-electron chi connectivity index (χ0n) is 14.4. The second kappa shape index (κ2) is 6.07. The maximum Gasteiger partial charge on any atom is 0.260 e. The predicted molar refractivity (Wildman–Crippen MR) is 90.2 cm³/mol. The number of rotatable bonds is 3. The van der Waals surface area contributed by atoms with E-state index >= 15 is 0 Å². The van der Waals surface area contributed by atoms with E-state index in [0.29, 0.717) is 39.0 Å². The fourth-order valence-electron chi connectivity index (χ4n) is 4.42. The van der Waals surface area contributed by atoms with Crippen LogP contribution in [-0.4, -0.2) is 51.9 Å². The van der Waals surface area contributed by atoms with E-state index in [1.807, 2.05) is 17.0 Å². The molecule has 2 aliphatic heterocycles. The minimum Gasteiger partial charge on any atom is -0.339 e. The lowest BCUT2D eigenvalue weighted by Gasteiger charge is -2.43. The summed E-state index contributed by atoms with van der Waals surface area (Å²) >= 11 is 0. The molecule has 4 rings (SSSR count). The van der Waals surface area contributed by atoms with E-state index in [4.69, 9.17) is 0 Å². The first-order chi connectivity index (χ1) is 12.0. The Morgan fingerprint density at radius 3 is 2.56 bits per heavy atom. The van der Waals surface area contributed by atoms with Crippen LogP contribution in [0, 0.1) is 5.41 Å². The van der Waals surface area contributed by atoms with E-state index < -0.39 is 17.0 Å². The lowest BCUT2D eigenvalue weighted by molar-refractivity contribution is -0.156. The van der Waals surface area contributed by atoms with Gasteiger partial charge in [0, 0.05) is 38.6 Å². The fraction of sp³-hybridized carbons (Fsp3) is 0.632. The quantitative estimate of drug-likeness (QED) is 0.845. The lowest BCUT2D eigenvalue weighted by atomic mass is 9.76. The molecular formula is C19H24FN3O2. The number of amides is 2. The highest BCUT2D eigenvalue weighted by atomic mass is 19.1. The number of carbonyl (C=O) groups is 2. The van der Waals surface area contributed by atoms with Crippen LogP contribution in [0.4, 0.5) is 4.39 Å². The first-order valence-electron chi connectivity index (χ1n) is 9.19. The molecule has 1 aromatic rings. The second-order valence-electron chi connectivity index (χ2n) is 7.76. The Labute approximate surface area is 147 Å². The fourth-order valence-corrected chi connectivity index (χ4v) is 4.42. The minimum absolute atomic E-state index is 0.114. The van der Waals surface area contributed by atoms with Crippen molar-refractivity contribution in [3.63, 3.8) is 0 Å². The number of nitrogens with zero attached hydrogens (tertiary/aromatic N) is 3. The lowest BCUT2D eigenvalue weighted by Crippen LogP contribution is -2.56. The van der Waals surface area contributed by atoms with Gasteiger partial charge in [0.2, 0.25) is 5.91 Å². The van der Waals surface area contributed by atoms with Crippen LogP contribution in [0.5, 0.6) is 0 Å². The Morgan fingerprint density at radius 1 is 1.12 bits per heavy atom. The van der Waals surface area contributed by atoms with Crippen molar-refractivity contribution < 1.29 is 14.0 Å². The van der Waals surface area contributed by atoms with Crippen molar-refractivity contribution in [2.45, 2.75) is 50.7 Å². The third-order valence-electron chi connectivity index (χ3n) is 6.12. The van der Waals surface area contributed by atoms with Crippen LogP contribution < -0.4 is 0 Å². The summed E-state index contributed by atoms with van der Waals surface area (Å²) in [4.78, 5) is 33.1. The van der Waals surface area contributed by atoms with Gasteiger partial charge < -0.3 is 9.80 Å². The number of alkyl halides is 1. The molecule has 0 unspecified atom stereocenters. The van der Waals surface area contributed by atoms with Crippen molar-refractivity contribution in [3.8, 4) is 0 Å². The highest BCUT2D eigenvalue weighted by Gasteiger charge is 2.53. The summed E-state index contributed by atoms with van der Waals surface area (Å²) in [5.74, 6) is -0.276. The topological polar surface area (TPSA) is 53.5 Å². The SMILES string of the molecule is O=C(N1CCC[C@@]2(CCN(Cc3ccncc3)C2=O)C1)C1(F)CCC1. The highest BCUT2D eigenvalue weighted by Crippen LogP contribution is 2.43. The molecule has 25 heavy (non-hydrogen) atoms. The summed E-state index contributed by atoms with van der Waals surface area (Å²) in [5, 5.41) is 0. The molecule has 0 N–H and O–H groups in total. The molecule has 0 bridgehead atoms. The summed E-state index contributed by atoms with van der Waals surface area (Å²) in [6.07, 6.45) is 7.21. The normalized spacial score (nSPS) is 28.3. The molecule has 0 aromatic carbocycles. The highest BCUT2D eigenvalue weighted by molar-refractivity contribution is 5.89. The predicted octanol–water partition coefficient (Wildman–Crippen LogP) is 2.31. The van der Waals surface area contributed by atoms with Gasteiger partial charge in [0.15, 0.2) is 5.67 Å². The average molecular weight is 345 g/mol. The number of likely N-dealkylation sites (tertiary alicyclic amines) is 2. The molecule has 134 valence electrons. The van der Waals surface area contributed by atoms with Crippen LogP contribution in [-0.2, 0) is 16.1 Å². The summed E-state index contributed by atoms with van der Waals surface area (Å²) in [5.41, 5.74) is -1.13. The van der Waals surface area contributed by atoms with Crippen LogP contribution >= 0.6 is 0 Å². The molecule has 1 aromatic heterocycles. The van der Waals surface area contributed by atoms with E-state index in [-0.39, 0.29) is 5.91 Å². The Hall–Kier alpha value is -1.98. The Morgan fingerprint density at radius 2 is 1.88 bits per heavy atom. The molecule has 1 saturated carbocycles. The third-order valence-corrected chi connectivity index (χ3v) is 6.12. The van der Waals surface area contributed by atoms with Gasteiger partial charge in [-0.25, -0.2) is 4.39 Å². The van der Waals surface area contributed by atoms with Gasteiger partial charge in [0.05, 0.1) is 5.41 Å². The van der Waals surface area contributed by atoms with Crippen molar-refractivity contribution in [2.24, 2.45) is 5.41 Å². The van der Waals surface area contributed by atoms with E-state index in [1.54, 1.807) is 17.3 Å². The number of hydrogen-bond acceptors (Lipinski definition) is 3. The maximum atomic E-state index is 14.5. The molecule has 2 amide bonds. The summed E-state index contributed by atoms with van der Waals surface area (Å²) < 4.78 is 14.5. The molecule has 1 atom stereocenters. The van der Waals surface area contributed by atoms with Crippen LogP contribution in [0.2, 0.25) is 0 Å². The molecule has 0 radical (unpaired) electrons. The Balaban J connectivity index is 1.46. The number of halogens is 1. The van der Waals surface area contributed by atoms with Crippen LogP contribution in [0.3, 0.4) is 0 Å². The van der Waals surface area contributed by atoms with Crippen LogP contribution in [0.1, 0.15) is 44.1 Å². The minimum atomic E-state index is -1.67. The Bertz CT molecular complexity index is 677. The van der Waals surface area contributed by atoms with Crippen molar-refractivity contribution in [1.82, 2.24) is 14.8 Å². The number of piperidine rings is 1. The average Bonchev–Trinajstić information content (AvgIpc) is 2.89. The third kappa shape index (κ3) is 2.81. The zero-order valence-corrected chi connectivity index (χ0v) is 14.4. The number of pyridine rings is 1. The smallest absolute Gasteiger partial charge is 0.260 e. The maximum absolute atomic E-state index is 14.5. The van der Waals surface area contributed by atoms with E-state index in [0.717, 1.165) is 31.2 Å². The number of carbonyl (C=O) groups excluding carboxylic acids is 2. The molecule has 6 heteroatoms. The van der Waals surface area contributed by atoms with Crippen LogP contribution in [0.25, 0.3) is 0 Å². The summed E-state index contributed by atoms with van der Waals surface area (Å²) in [6.45, 7) is 2.22. The number of aromatic nitrogens is 1. The molecule has 1 spiro atoms. The molecule has 1 aliphatic carbocycles. The molecule has 3 aliphatic rings.